The van der Waals surface area contributed by atoms with E-state index in [0.29, 0.717) is 18.0 Å². The number of carboxylic acid groups (broad SMARTS) is 1. The molecule has 2 aliphatic rings. The van der Waals surface area contributed by atoms with Crippen LogP contribution in [0.2, 0.25) is 5.02 Å². The van der Waals surface area contributed by atoms with E-state index < -0.39 is 16.9 Å². The van der Waals surface area contributed by atoms with Gasteiger partial charge in [0.2, 0.25) is 5.91 Å². The van der Waals surface area contributed by atoms with Gasteiger partial charge in [0.25, 0.3) is 0 Å². The fourth-order valence-corrected chi connectivity index (χ4v) is 3.42. The molecule has 1 heterocycles. The lowest BCUT2D eigenvalue weighted by atomic mass is 9.91. The highest BCUT2D eigenvalue weighted by Gasteiger charge is 2.58. The summed E-state index contributed by atoms with van der Waals surface area (Å²) in [6.07, 6.45) is 2.81. The Bertz CT molecular complexity index is 594. The number of likely N-dealkylation sites (tertiary alicyclic amines) is 1. The van der Waals surface area contributed by atoms with Crippen LogP contribution in [0.4, 0.5) is 0 Å². The molecular formula is C16H18ClNO3. The number of rotatable bonds is 3. The van der Waals surface area contributed by atoms with Crippen LogP contribution < -0.4 is 0 Å². The van der Waals surface area contributed by atoms with Crippen molar-refractivity contribution in [3.63, 3.8) is 0 Å². The Morgan fingerprint density at radius 1 is 1.19 bits per heavy atom. The number of hydrogen-bond acceptors (Lipinski definition) is 2. The lowest BCUT2D eigenvalue weighted by Gasteiger charge is -2.34. The zero-order chi connectivity index (χ0) is 15.3. The Morgan fingerprint density at radius 3 is 2.33 bits per heavy atom. The minimum atomic E-state index is -1.07. The number of nitrogens with zero attached hydrogens (tertiary/aromatic N) is 1. The molecule has 0 aromatic heterocycles. The van der Waals surface area contributed by atoms with Gasteiger partial charge in [-0.05, 0) is 50.3 Å². The summed E-state index contributed by atoms with van der Waals surface area (Å²) in [5.41, 5.74) is -0.665. The van der Waals surface area contributed by atoms with E-state index in [2.05, 4.69) is 0 Å². The summed E-state index contributed by atoms with van der Waals surface area (Å²) in [6.45, 7) is 2.18. The van der Waals surface area contributed by atoms with Crippen molar-refractivity contribution < 1.29 is 14.7 Å². The van der Waals surface area contributed by atoms with Gasteiger partial charge in [-0.15, -0.1) is 0 Å². The average molecular weight is 308 g/mol. The standard InChI is InChI=1S/C16H18ClNO3/c1-15(14(20)21)7-2-10-18(15)13(19)16(8-9-16)11-3-5-12(17)6-4-11/h3-6H,2,7-10H2,1H3,(H,20,21). The lowest BCUT2D eigenvalue weighted by Crippen LogP contribution is -2.53. The highest BCUT2D eigenvalue weighted by molar-refractivity contribution is 6.30. The molecule has 0 bridgehead atoms. The van der Waals surface area contributed by atoms with Gasteiger partial charge in [0.05, 0.1) is 5.41 Å². The fraction of sp³-hybridized carbons (Fsp3) is 0.500. The summed E-state index contributed by atoms with van der Waals surface area (Å²) in [7, 11) is 0. The minimum absolute atomic E-state index is 0.0489. The molecule has 1 amide bonds. The lowest BCUT2D eigenvalue weighted by molar-refractivity contribution is -0.156. The molecule has 21 heavy (non-hydrogen) atoms. The topological polar surface area (TPSA) is 57.6 Å². The number of carbonyl (C=O) groups is 2. The van der Waals surface area contributed by atoms with Gasteiger partial charge in [0, 0.05) is 11.6 Å². The first-order valence-electron chi connectivity index (χ1n) is 7.22. The van der Waals surface area contributed by atoms with E-state index in [1.807, 2.05) is 12.1 Å². The van der Waals surface area contributed by atoms with Crippen molar-refractivity contribution in [2.24, 2.45) is 0 Å². The first-order chi connectivity index (χ1) is 9.90. The van der Waals surface area contributed by atoms with E-state index in [1.165, 1.54) is 0 Å². The van der Waals surface area contributed by atoms with E-state index in [1.54, 1.807) is 24.0 Å². The van der Waals surface area contributed by atoms with Gasteiger partial charge in [-0.25, -0.2) is 4.79 Å². The number of halogens is 1. The van der Waals surface area contributed by atoms with Crippen LogP contribution in [0.15, 0.2) is 24.3 Å². The quantitative estimate of drug-likeness (QED) is 0.934. The number of aliphatic carboxylic acids is 1. The van der Waals surface area contributed by atoms with E-state index >= 15 is 0 Å². The number of carbonyl (C=O) groups excluding carboxylic acids is 1. The largest absolute Gasteiger partial charge is 0.480 e. The second-order valence-corrected chi connectivity index (χ2v) is 6.66. The second-order valence-electron chi connectivity index (χ2n) is 6.23. The molecule has 0 spiro atoms. The summed E-state index contributed by atoms with van der Waals surface area (Å²) in [4.78, 5) is 26.1. The zero-order valence-corrected chi connectivity index (χ0v) is 12.7. The van der Waals surface area contributed by atoms with Crippen LogP contribution in [0, 0.1) is 0 Å². The molecule has 1 aromatic carbocycles. The molecule has 1 aromatic rings. The highest BCUT2D eigenvalue weighted by Crippen LogP contribution is 2.51. The maximum Gasteiger partial charge on any atom is 0.329 e. The molecule has 0 radical (unpaired) electrons. The van der Waals surface area contributed by atoms with Crippen LogP contribution in [0.5, 0.6) is 0 Å². The average Bonchev–Trinajstić information content (AvgIpc) is 3.16. The predicted octanol–water partition coefficient (Wildman–Crippen LogP) is 2.84. The third-order valence-electron chi connectivity index (χ3n) is 4.90. The Hall–Kier alpha value is -1.55. The summed E-state index contributed by atoms with van der Waals surface area (Å²) in [5, 5.41) is 10.1. The van der Waals surface area contributed by atoms with Crippen LogP contribution in [0.1, 0.15) is 38.2 Å². The molecular weight excluding hydrogens is 290 g/mol. The van der Waals surface area contributed by atoms with Crippen LogP contribution in [0.3, 0.4) is 0 Å². The zero-order valence-electron chi connectivity index (χ0n) is 11.9. The van der Waals surface area contributed by atoms with Gasteiger partial charge in [0.15, 0.2) is 0 Å². The van der Waals surface area contributed by atoms with Crippen molar-refractivity contribution in [3.8, 4) is 0 Å². The molecule has 4 nitrogen and oxygen atoms in total. The van der Waals surface area contributed by atoms with Gasteiger partial charge in [0.1, 0.15) is 5.54 Å². The molecule has 2 fully saturated rings. The fourth-order valence-electron chi connectivity index (χ4n) is 3.29. The van der Waals surface area contributed by atoms with E-state index in [4.69, 9.17) is 11.6 Å². The molecule has 1 aliphatic carbocycles. The summed E-state index contributed by atoms with van der Waals surface area (Å²) in [6, 6.07) is 7.32. The SMILES string of the molecule is CC1(C(=O)O)CCCN1C(=O)C1(c2ccc(Cl)cc2)CC1. The smallest absolute Gasteiger partial charge is 0.329 e. The molecule has 1 atom stereocenters. The predicted molar refractivity (Wildman–Crippen MR) is 79.4 cm³/mol. The Labute approximate surface area is 128 Å². The molecule has 112 valence electrons. The van der Waals surface area contributed by atoms with Gasteiger partial charge < -0.3 is 10.0 Å². The van der Waals surface area contributed by atoms with Crippen molar-refractivity contribution in [2.75, 3.05) is 6.54 Å². The Kier molecular flexibility index (Phi) is 3.24. The van der Waals surface area contributed by atoms with Crippen molar-refractivity contribution in [2.45, 2.75) is 43.6 Å². The maximum atomic E-state index is 13.0. The first-order valence-corrected chi connectivity index (χ1v) is 7.59. The van der Waals surface area contributed by atoms with Crippen molar-refractivity contribution in [1.29, 1.82) is 0 Å². The van der Waals surface area contributed by atoms with Gasteiger partial charge >= 0.3 is 5.97 Å². The molecule has 5 heteroatoms. The van der Waals surface area contributed by atoms with E-state index in [0.717, 1.165) is 24.8 Å². The molecule has 1 saturated heterocycles. The summed E-state index contributed by atoms with van der Waals surface area (Å²) in [5.74, 6) is -0.965. The van der Waals surface area contributed by atoms with Crippen LogP contribution in [0.25, 0.3) is 0 Å². The monoisotopic (exact) mass is 307 g/mol. The van der Waals surface area contributed by atoms with Crippen LogP contribution >= 0.6 is 11.6 Å². The van der Waals surface area contributed by atoms with Crippen LogP contribution in [-0.4, -0.2) is 34.0 Å². The molecule has 1 unspecified atom stereocenters. The van der Waals surface area contributed by atoms with E-state index in [-0.39, 0.29) is 5.91 Å². The van der Waals surface area contributed by atoms with Gasteiger partial charge in [-0.1, -0.05) is 23.7 Å². The normalized spacial score (nSPS) is 26.7. The summed E-state index contributed by atoms with van der Waals surface area (Å²) < 4.78 is 0. The van der Waals surface area contributed by atoms with Gasteiger partial charge in [-0.2, -0.15) is 0 Å². The number of hydrogen-bond donors (Lipinski definition) is 1. The van der Waals surface area contributed by atoms with Crippen molar-refractivity contribution in [1.82, 2.24) is 4.90 Å². The number of amides is 1. The van der Waals surface area contributed by atoms with Crippen molar-refractivity contribution >= 4 is 23.5 Å². The first kappa shape index (κ1) is 14.4. The van der Waals surface area contributed by atoms with Gasteiger partial charge in [-0.3, -0.25) is 4.79 Å². The third-order valence-corrected chi connectivity index (χ3v) is 5.16. The molecule has 3 rings (SSSR count). The van der Waals surface area contributed by atoms with E-state index in [9.17, 15) is 14.7 Å². The number of benzene rings is 1. The Morgan fingerprint density at radius 2 is 1.81 bits per heavy atom. The highest BCUT2D eigenvalue weighted by atomic mass is 35.5. The Balaban J connectivity index is 1.91. The molecule has 1 aliphatic heterocycles. The second kappa shape index (κ2) is 4.73. The van der Waals surface area contributed by atoms with Crippen LogP contribution in [-0.2, 0) is 15.0 Å². The van der Waals surface area contributed by atoms with Crippen molar-refractivity contribution in [3.05, 3.63) is 34.9 Å². The maximum absolute atomic E-state index is 13.0. The minimum Gasteiger partial charge on any atom is -0.480 e. The molecule has 1 N–H and O–H groups in total. The number of carboxylic acids is 1. The molecule has 1 saturated carbocycles. The third kappa shape index (κ3) is 2.13. The summed E-state index contributed by atoms with van der Waals surface area (Å²) >= 11 is 5.90.